The summed E-state index contributed by atoms with van der Waals surface area (Å²) in [6, 6.07) is 5.73. The first-order valence-electron chi connectivity index (χ1n) is 6.60. The first kappa shape index (κ1) is 12.2. The van der Waals surface area contributed by atoms with Crippen molar-refractivity contribution in [2.75, 3.05) is 30.4 Å². The van der Waals surface area contributed by atoms with Crippen LogP contribution in [0.15, 0.2) is 30.9 Å². The van der Waals surface area contributed by atoms with E-state index >= 15 is 0 Å². The van der Waals surface area contributed by atoms with Crippen molar-refractivity contribution < 1.29 is 9.53 Å². The molecule has 0 radical (unpaired) electrons. The average Bonchev–Trinajstić information content (AvgIpc) is 2.64. The van der Waals surface area contributed by atoms with Gasteiger partial charge < -0.3 is 15.4 Å². The summed E-state index contributed by atoms with van der Waals surface area (Å²) >= 11 is 0. The molecule has 1 spiro atoms. The number of carbonyl (C=O) groups is 1. The van der Waals surface area contributed by atoms with Crippen LogP contribution in [0.25, 0.3) is 0 Å². The lowest BCUT2D eigenvalue weighted by molar-refractivity contribution is -0.126. The lowest BCUT2D eigenvalue weighted by atomic mass is 9.75. The van der Waals surface area contributed by atoms with E-state index in [0.29, 0.717) is 25.4 Å². The third-order valence-corrected chi connectivity index (χ3v) is 4.14. The molecule has 1 saturated heterocycles. The summed E-state index contributed by atoms with van der Waals surface area (Å²) < 4.78 is 5.42. The van der Waals surface area contributed by atoms with E-state index < -0.39 is 5.41 Å². The molecule has 100 valence electrons. The van der Waals surface area contributed by atoms with Gasteiger partial charge in [-0.1, -0.05) is 6.08 Å². The number of hydrogen-bond donors (Lipinski definition) is 1. The van der Waals surface area contributed by atoms with Gasteiger partial charge in [-0.3, -0.25) is 4.79 Å². The number of anilines is 2. The largest absolute Gasteiger partial charge is 0.399 e. The molecule has 1 amide bonds. The van der Waals surface area contributed by atoms with Crippen molar-refractivity contribution in [3.63, 3.8) is 0 Å². The third kappa shape index (κ3) is 1.67. The monoisotopic (exact) mass is 258 g/mol. The molecule has 0 bridgehead atoms. The fourth-order valence-corrected chi connectivity index (χ4v) is 3.17. The Balaban J connectivity index is 2.14. The minimum Gasteiger partial charge on any atom is -0.399 e. The molecule has 19 heavy (non-hydrogen) atoms. The Bertz CT molecular complexity index is 533. The molecule has 2 heterocycles. The van der Waals surface area contributed by atoms with Gasteiger partial charge in [0, 0.05) is 31.1 Å². The minimum atomic E-state index is -0.439. The normalized spacial score (nSPS) is 20.6. The quantitative estimate of drug-likeness (QED) is 0.650. The molecule has 1 fully saturated rings. The molecule has 2 N–H and O–H groups in total. The second kappa shape index (κ2) is 4.38. The molecule has 0 aliphatic carbocycles. The maximum atomic E-state index is 12.8. The zero-order valence-electron chi connectivity index (χ0n) is 10.9. The Morgan fingerprint density at radius 2 is 2.16 bits per heavy atom. The smallest absolute Gasteiger partial charge is 0.238 e. The fourth-order valence-electron chi connectivity index (χ4n) is 3.17. The molecular weight excluding hydrogens is 240 g/mol. The van der Waals surface area contributed by atoms with Gasteiger partial charge in [0.15, 0.2) is 0 Å². The van der Waals surface area contributed by atoms with Crippen LogP contribution in [-0.4, -0.2) is 25.7 Å². The Kier molecular flexibility index (Phi) is 2.82. The van der Waals surface area contributed by atoms with Crippen molar-refractivity contribution in [1.82, 2.24) is 0 Å². The molecule has 4 nitrogen and oxygen atoms in total. The van der Waals surface area contributed by atoms with E-state index in [1.165, 1.54) is 0 Å². The molecule has 0 unspecified atom stereocenters. The van der Waals surface area contributed by atoms with Gasteiger partial charge in [-0.05, 0) is 36.6 Å². The summed E-state index contributed by atoms with van der Waals surface area (Å²) in [5.41, 5.74) is 8.20. The van der Waals surface area contributed by atoms with Crippen LogP contribution in [0.1, 0.15) is 18.4 Å². The van der Waals surface area contributed by atoms with Crippen LogP contribution in [0, 0.1) is 0 Å². The number of rotatable bonds is 2. The second-order valence-electron chi connectivity index (χ2n) is 5.18. The van der Waals surface area contributed by atoms with E-state index in [-0.39, 0.29) is 5.91 Å². The van der Waals surface area contributed by atoms with Gasteiger partial charge in [0.1, 0.15) is 0 Å². The lowest BCUT2D eigenvalue weighted by Crippen LogP contribution is -2.44. The van der Waals surface area contributed by atoms with Gasteiger partial charge in [-0.15, -0.1) is 6.58 Å². The van der Waals surface area contributed by atoms with Crippen LogP contribution < -0.4 is 10.6 Å². The molecular formula is C15H18N2O2. The third-order valence-electron chi connectivity index (χ3n) is 4.14. The van der Waals surface area contributed by atoms with Crippen molar-refractivity contribution >= 4 is 17.3 Å². The van der Waals surface area contributed by atoms with Crippen molar-refractivity contribution in [1.29, 1.82) is 0 Å². The summed E-state index contributed by atoms with van der Waals surface area (Å²) in [4.78, 5) is 14.6. The van der Waals surface area contributed by atoms with E-state index in [2.05, 4.69) is 6.58 Å². The van der Waals surface area contributed by atoms with Gasteiger partial charge in [-0.25, -0.2) is 0 Å². The van der Waals surface area contributed by atoms with Gasteiger partial charge in [0.25, 0.3) is 0 Å². The molecule has 0 atom stereocenters. The maximum Gasteiger partial charge on any atom is 0.238 e. The van der Waals surface area contributed by atoms with Crippen molar-refractivity contribution in [3.8, 4) is 0 Å². The van der Waals surface area contributed by atoms with Crippen molar-refractivity contribution in [2.24, 2.45) is 0 Å². The number of carbonyl (C=O) groups excluding carboxylic acids is 1. The van der Waals surface area contributed by atoms with Gasteiger partial charge in [0.05, 0.1) is 5.41 Å². The number of hydrogen-bond acceptors (Lipinski definition) is 3. The summed E-state index contributed by atoms with van der Waals surface area (Å²) in [5, 5.41) is 0. The fraction of sp³-hybridized carbons (Fsp3) is 0.400. The topological polar surface area (TPSA) is 55.6 Å². The lowest BCUT2D eigenvalue weighted by Gasteiger charge is -2.32. The molecule has 2 aliphatic rings. The SMILES string of the molecule is C=CCN1C(=O)C2(CCOCC2)c2cc(N)ccc21. The average molecular weight is 258 g/mol. The number of amides is 1. The Morgan fingerprint density at radius 3 is 2.84 bits per heavy atom. The number of nitrogens with two attached hydrogens (primary N) is 1. The zero-order valence-corrected chi connectivity index (χ0v) is 10.9. The molecule has 3 rings (SSSR count). The maximum absolute atomic E-state index is 12.8. The Hall–Kier alpha value is -1.81. The zero-order chi connectivity index (χ0) is 13.5. The van der Waals surface area contributed by atoms with Gasteiger partial charge in [0.2, 0.25) is 5.91 Å². The first-order chi connectivity index (χ1) is 9.19. The Labute approximate surface area is 112 Å². The summed E-state index contributed by atoms with van der Waals surface area (Å²) in [6.07, 6.45) is 3.22. The molecule has 1 aromatic rings. The summed E-state index contributed by atoms with van der Waals surface area (Å²) in [5.74, 6) is 0.163. The van der Waals surface area contributed by atoms with Crippen molar-refractivity contribution in [2.45, 2.75) is 18.3 Å². The number of ether oxygens (including phenoxy) is 1. The number of nitrogen functional groups attached to an aromatic ring is 1. The predicted molar refractivity (Wildman–Crippen MR) is 75.1 cm³/mol. The van der Waals surface area contributed by atoms with E-state index in [1.807, 2.05) is 23.1 Å². The van der Waals surface area contributed by atoms with Crippen LogP contribution in [0.3, 0.4) is 0 Å². The highest BCUT2D eigenvalue weighted by molar-refractivity contribution is 6.08. The highest BCUT2D eigenvalue weighted by atomic mass is 16.5. The number of fused-ring (bicyclic) bond motifs is 2. The van der Waals surface area contributed by atoms with Crippen molar-refractivity contribution in [3.05, 3.63) is 36.4 Å². The second-order valence-corrected chi connectivity index (χ2v) is 5.18. The van der Waals surface area contributed by atoms with E-state index in [4.69, 9.17) is 10.5 Å². The highest BCUT2D eigenvalue weighted by Gasteiger charge is 2.51. The molecule has 4 heteroatoms. The van der Waals surface area contributed by atoms with E-state index in [0.717, 1.165) is 24.1 Å². The summed E-state index contributed by atoms with van der Waals surface area (Å²) in [6.45, 7) is 5.53. The van der Waals surface area contributed by atoms with Crippen LogP contribution in [0.2, 0.25) is 0 Å². The van der Waals surface area contributed by atoms with Crippen LogP contribution in [-0.2, 0) is 14.9 Å². The minimum absolute atomic E-state index is 0.163. The van der Waals surface area contributed by atoms with Gasteiger partial charge in [-0.2, -0.15) is 0 Å². The first-order valence-corrected chi connectivity index (χ1v) is 6.60. The molecule has 2 aliphatic heterocycles. The summed E-state index contributed by atoms with van der Waals surface area (Å²) in [7, 11) is 0. The van der Waals surface area contributed by atoms with E-state index in [1.54, 1.807) is 6.08 Å². The molecule has 0 saturated carbocycles. The Morgan fingerprint density at radius 1 is 1.42 bits per heavy atom. The molecule has 0 aromatic heterocycles. The van der Waals surface area contributed by atoms with Crippen LogP contribution in [0.5, 0.6) is 0 Å². The number of nitrogens with zero attached hydrogens (tertiary/aromatic N) is 1. The van der Waals surface area contributed by atoms with Crippen LogP contribution >= 0.6 is 0 Å². The standard InChI is InChI=1S/C15H18N2O2/c1-2-7-17-13-4-3-11(16)10-12(13)15(14(17)18)5-8-19-9-6-15/h2-4,10H,1,5-9,16H2. The highest BCUT2D eigenvalue weighted by Crippen LogP contribution is 2.48. The van der Waals surface area contributed by atoms with Gasteiger partial charge >= 0.3 is 0 Å². The number of benzene rings is 1. The molecule has 1 aromatic carbocycles. The van der Waals surface area contributed by atoms with E-state index in [9.17, 15) is 4.79 Å². The predicted octanol–water partition coefficient (Wildman–Crippen LogP) is 1.85. The van der Waals surface area contributed by atoms with Crippen LogP contribution in [0.4, 0.5) is 11.4 Å².